The van der Waals surface area contributed by atoms with E-state index in [4.69, 9.17) is 13.3 Å². The van der Waals surface area contributed by atoms with Gasteiger partial charge < -0.3 is 18.2 Å². The zero-order valence-corrected chi connectivity index (χ0v) is 18.2. The van der Waals surface area contributed by atoms with Crippen molar-refractivity contribution >= 4 is 20.7 Å². The van der Waals surface area contributed by atoms with Crippen molar-refractivity contribution < 1.29 is 13.3 Å². The number of hydrogen-bond acceptors (Lipinski definition) is 5. The van der Waals surface area contributed by atoms with Gasteiger partial charge in [0.15, 0.2) is 0 Å². The van der Waals surface area contributed by atoms with Crippen LogP contribution >= 0.6 is 0 Å². The van der Waals surface area contributed by atoms with Crippen molar-refractivity contribution in [3.8, 4) is 0 Å². The van der Waals surface area contributed by atoms with Crippen LogP contribution in [-0.2, 0) is 13.3 Å². The quantitative estimate of drug-likeness (QED) is 0.273. The summed E-state index contributed by atoms with van der Waals surface area (Å²) < 4.78 is 17.6. The number of hydrogen-bond donors (Lipinski definition) is 0. The van der Waals surface area contributed by atoms with Gasteiger partial charge in [-0.25, -0.2) is 0 Å². The van der Waals surface area contributed by atoms with E-state index in [0.29, 0.717) is 19.8 Å². The highest BCUT2D eigenvalue weighted by Gasteiger charge is 2.39. The molecule has 0 N–H and O–H groups in total. The first-order valence-electron chi connectivity index (χ1n) is 9.91. The van der Waals surface area contributed by atoms with Crippen molar-refractivity contribution in [1.82, 2.24) is 0 Å². The fourth-order valence-electron chi connectivity index (χ4n) is 2.92. The summed E-state index contributed by atoms with van der Waals surface area (Å²) in [7, 11) is -2.53. The minimum absolute atomic E-state index is 0.619. The molecule has 0 saturated heterocycles. The second kappa shape index (κ2) is 13.0. The van der Waals surface area contributed by atoms with Crippen molar-refractivity contribution in [3.05, 3.63) is 29.8 Å². The molecule has 148 valence electrons. The first kappa shape index (κ1) is 22.8. The third kappa shape index (κ3) is 7.58. The molecule has 0 fully saturated rings. The van der Waals surface area contributed by atoms with Crippen molar-refractivity contribution in [3.63, 3.8) is 0 Å². The lowest BCUT2D eigenvalue weighted by Crippen LogP contribution is -2.46. The highest BCUT2D eigenvalue weighted by Crippen LogP contribution is 2.18. The van der Waals surface area contributed by atoms with E-state index in [-0.39, 0.29) is 0 Å². The monoisotopic (exact) mass is 380 g/mol. The molecule has 0 saturated carbocycles. The van der Waals surface area contributed by atoms with Crippen LogP contribution in [0.4, 0.5) is 5.69 Å². The van der Waals surface area contributed by atoms with E-state index in [9.17, 15) is 0 Å². The third-order valence-corrected chi connectivity index (χ3v) is 7.28. The van der Waals surface area contributed by atoms with E-state index in [1.807, 2.05) is 27.0 Å². The number of benzene rings is 1. The van der Waals surface area contributed by atoms with Crippen LogP contribution in [0.2, 0.25) is 6.04 Å². The highest BCUT2D eigenvalue weighted by atomic mass is 28.4. The molecule has 6 heteroatoms. The Morgan fingerprint density at radius 1 is 0.885 bits per heavy atom. The predicted molar refractivity (Wildman–Crippen MR) is 113 cm³/mol. The van der Waals surface area contributed by atoms with Crippen LogP contribution in [-0.4, -0.2) is 54.5 Å². The fraction of sp³-hybridized carbons (Fsp3) is 0.650. The molecule has 0 aliphatic carbocycles. The topological polar surface area (TPSA) is 43.3 Å². The van der Waals surface area contributed by atoms with Gasteiger partial charge in [0.05, 0.1) is 0 Å². The number of anilines is 1. The molecule has 1 aromatic rings. The fourth-order valence-corrected chi connectivity index (χ4v) is 5.51. The molecule has 0 unspecified atom stereocenters. The molecule has 0 bridgehead atoms. The summed E-state index contributed by atoms with van der Waals surface area (Å²) >= 11 is 0. The average molecular weight is 381 g/mol. The molecule has 0 atom stereocenters. The molecule has 1 rings (SSSR count). The Morgan fingerprint density at radius 3 is 1.88 bits per heavy atom. The maximum atomic E-state index is 5.87. The van der Waals surface area contributed by atoms with Crippen molar-refractivity contribution in [1.29, 1.82) is 0 Å². The largest absolute Gasteiger partial charge is 0.500 e. The molecular weight excluding hydrogens is 344 g/mol. The lowest BCUT2D eigenvalue weighted by Gasteiger charge is -2.28. The van der Waals surface area contributed by atoms with Gasteiger partial charge in [0.2, 0.25) is 0 Å². The molecule has 0 amide bonds. The highest BCUT2D eigenvalue weighted by molar-refractivity contribution is 6.60. The normalized spacial score (nSPS) is 12.0. The summed E-state index contributed by atoms with van der Waals surface area (Å²) in [4.78, 5) is 6.89. The number of nitrogens with zero attached hydrogens (tertiary/aromatic N) is 2. The van der Waals surface area contributed by atoms with Crippen molar-refractivity contribution in [2.75, 3.05) is 44.4 Å². The SMILES string of the molecule is CCO[Si](CCCN=Cc1ccc(N(CC)CC)cc1)(OCC)OCC. The van der Waals surface area contributed by atoms with Gasteiger partial charge in [0.25, 0.3) is 0 Å². The molecule has 0 spiro atoms. The maximum Gasteiger partial charge on any atom is 0.500 e. The molecule has 0 aromatic heterocycles. The van der Waals surface area contributed by atoms with E-state index >= 15 is 0 Å². The van der Waals surface area contributed by atoms with Crippen molar-refractivity contribution in [2.24, 2.45) is 4.99 Å². The van der Waals surface area contributed by atoms with Gasteiger partial charge in [-0.15, -0.1) is 0 Å². The van der Waals surface area contributed by atoms with Gasteiger partial charge in [0, 0.05) is 57.4 Å². The predicted octanol–water partition coefficient (Wildman–Crippen LogP) is 4.39. The number of aliphatic imine (C=N–C) groups is 1. The molecule has 26 heavy (non-hydrogen) atoms. The second-order valence-electron chi connectivity index (χ2n) is 5.88. The molecule has 5 nitrogen and oxygen atoms in total. The zero-order valence-electron chi connectivity index (χ0n) is 17.2. The Labute approximate surface area is 160 Å². The van der Waals surface area contributed by atoms with Gasteiger partial charge in [-0.1, -0.05) is 12.1 Å². The summed E-state index contributed by atoms with van der Waals surface area (Å²) in [5.41, 5.74) is 2.39. The molecular formula is C20H36N2O3Si. The van der Waals surface area contributed by atoms with Crippen LogP contribution in [0.3, 0.4) is 0 Å². The van der Waals surface area contributed by atoms with Crippen LogP contribution in [0.15, 0.2) is 29.3 Å². The Morgan fingerprint density at radius 2 is 1.42 bits per heavy atom. The molecule has 0 aliphatic heterocycles. The molecule has 0 aliphatic rings. The van der Waals surface area contributed by atoms with E-state index in [0.717, 1.165) is 37.7 Å². The van der Waals surface area contributed by atoms with E-state index in [1.54, 1.807) is 0 Å². The zero-order chi connectivity index (χ0) is 19.3. The Balaban J connectivity index is 2.52. The first-order valence-corrected chi connectivity index (χ1v) is 11.8. The van der Waals surface area contributed by atoms with Crippen LogP contribution < -0.4 is 4.90 Å². The lowest BCUT2D eigenvalue weighted by molar-refractivity contribution is 0.0710. The first-order chi connectivity index (χ1) is 12.6. The second-order valence-corrected chi connectivity index (χ2v) is 8.62. The Bertz CT molecular complexity index is 487. The van der Waals surface area contributed by atoms with E-state index in [2.05, 4.69) is 48.0 Å². The summed E-state index contributed by atoms with van der Waals surface area (Å²) in [6.45, 7) is 15.0. The van der Waals surface area contributed by atoms with Crippen molar-refractivity contribution in [2.45, 2.75) is 47.1 Å². The molecule has 1 aromatic carbocycles. The van der Waals surface area contributed by atoms with Gasteiger partial charge in [-0.05, 0) is 58.7 Å². The standard InChI is InChI=1S/C20H36N2O3Si/c1-6-22(7-2)20-14-12-19(13-15-20)18-21-16-11-17-26(23-8-3,24-9-4)25-10-5/h12-15,18H,6-11,16-17H2,1-5H3. The van der Waals surface area contributed by atoms with Crippen LogP contribution in [0, 0.1) is 0 Å². The van der Waals surface area contributed by atoms with Gasteiger partial charge in [-0.2, -0.15) is 0 Å². The summed E-state index contributed by atoms with van der Waals surface area (Å²) in [6.07, 6.45) is 2.84. The van der Waals surface area contributed by atoms with E-state index in [1.165, 1.54) is 5.69 Å². The molecule has 0 radical (unpaired) electrons. The van der Waals surface area contributed by atoms with Gasteiger partial charge in [-0.3, -0.25) is 4.99 Å². The lowest BCUT2D eigenvalue weighted by atomic mass is 10.2. The van der Waals surface area contributed by atoms with Gasteiger partial charge in [0.1, 0.15) is 0 Å². The summed E-state index contributed by atoms with van der Waals surface area (Å²) in [5.74, 6) is 0. The van der Waals surface area contributed by atoms with Crippen LogP contribution in [0.5, 0.6) is 0 Å². The molecule has 0 heterocycles. The Hall–Kier alpha value is -1.21. The maximum absolute atomic E-state index is 5.87. The average Bonchev–Trinajstić information content (AvgIpc) is 2.64. The minimum atomic E-state index is -2.53. The van der Waals surface area contributed by atoms with Crippen LogP contribution in [0.1, 0.15) is 46.6 Å². The van der Waals surface area contributed by atoms with Gasteiger partial charge >= 0.3 is 8.80 Å². The summed E-state index contributed by atoms with van der Waals surface area (Å²) in [5, 5.41) is 0. The Kier molecular flexibility index (Phi) is 11.4. The third-order valence-electron chi connectivity index (χ3n) is 4.12. The van der Waals surface area contributed by atoms with E-state index < -0.39 is 8.80 Å². The minimum Gasteiger partial charge on any atom is -0.374 e. The smallest absolute Gasteiger partial charge is 0.374 e. The summed E-state index contributed by atoms with van der Waals surface area (Å²) in [6, 6.07) is 9.37. The number of rotatable bonds is 14. The van der Waals surface area contributed by atoms with Crippen LogP contribution in [0.25, 0.3) is 0 Å².